The first-order chi connectivity index (χ1) is 19.4. The highest BCUT2D eigenvalue weighted by Crippen LogP contribution is 2.26. The van der Waals surface area contributed by atoms with E-state index in [1.54, 1.807) is 0 Å². The molecule has 40 heavy (non-hydrogen) atoms. The van der Waals surface area contributed by atoms with Crippen molar-refractivity contribution in [2.75, 3.05) is 52.4 Å². The molecule has 3 aliphatic heterocycles. The smallest absolute Gasteiger partial charge is 0.307 e. The lowest BCUT2D eigenvalue weighted by atomic mass is 9.86. The normalized spacial score (nSPS) is 23.7. The van der Waals surface area contributed by atoms with Crippen LogP contribution < -0.4 is 10.6 Å². The van der Waals surface area contributed by atoms with Crippen LogP contribution in [-0.4, -0.2) is 84.3 Å². The molecule has 3 aliphatic rings. The fraction of sp³-hybridized carbons (Fsp3) is 0.562. The van der Waals surface area contributed by atoms with Crippen LogP contribution in [-0.2, 0) is 35.5 Å². The molecule has 0 aromatic heterocycles. The van der Waals surface area contributed by atoms with Gasteiger partial charge in [0, 0.05) is 39.3 Å². The Balaban J connectivity index is 1.11. The molecule has 8 heteroatoms. The van der Waals surface area contributed by atoms with Gasteiger partial charge in [0.1, 0.15) is 0 Å². The number of hydrogen-bond acceptors (Lipinski definition) is 6. The van der Waals surface area contributed by atoms with Crippen molar-refractivity contribution in [2.45, 2.75) is 38.8 Å². The second kappa shape index (κ2) is 13.7. The lowest BCUT2D eigenvalue weighted by Crippen LogP contribution is -2.45. The van der Waals surface area contributed by atoms with Gasteiger partial charge in [-0.3, -0.25) is 19.4 Å². The van der Waals surface area contributed by atoms with Gasteiger partial charge in [0.25, 0.3) is 0 Å². The molecule has 8 nitrogen and oxygen atoms in total. The number of benzene rings is 2. The van der Waals surface area contributed by atoms with Crippen molar-refractivity contribution < 1.29 is 19.8 Å². The molecule has 0 spiro atoms. The number of carboxylic acids is 2. The minimum Gasteiger partial charge on any atom is -0.481 e. The third-order valence-electron chi connectivity index (χ3n) is 9.14. The Bertz CT molecular complexity index is 1050. The summed E-state index contributed by atoms with van der Waals surface area (Å²) in [4.78, 5) is 28.8. The molecule has 3 heterocycles. The summed E-state index contributed by atoms with van der Waals surface area (Å²) in [7, 11) is 0. The first-order valence-electron chi connectivity index (χ1n) is 14.9. The lowest BCUT2D eigenvalue weighted by molar-refractivity contribution is -0.144. The van der Waals surface area contributed by atoms with Crippen LogP contribution in [0.4, 0.5) is 0 Å². The van der Waals surface area contributed by atoms with E-state index < -0.39 is 11.9 Å². The number of nitrogens with one attached hydrogen (secondary N) is 2. The summed E-state index contributed by atoms with van der Waals surface area (Å²) in [6, 6.07) is 17.0. The van der Waals surface area contributed by atoms with Gasteiger partial charge in [0.15, 0.2) is 0 Å². The van der Waals surface area contributed by atoms with Gasteiger partial charge in [0.05, 0.1) is 11.8 Å². The maximum Gasteiger partial charge on any atom is 0.307 e. The average Bonchev–Trinajstić information content (AvgIpc) is 3.67. The number of carboxylic acid groups (broad SMARTS) is 2. The van der Waals surface area contributed by atoms with E-state index in [0.717, 1.165) is 89.4 Å². The molecule has 5 rings (SSSR count). The molecule has 0 radical (unpaired) electrons. The summed E-state index contributed by atoms with van der Waals surface area (Å²) < 4.78 is 0. The number of nitrogens with zero attached hydrogens (tertiary/aromatic N) is 2. The van der Waals surface area contributed by atoms with Gasteiger partial charge < -0.3 is 20.8 Å². The van der Waals surface area contributed by atoms with Crippen LogP contribution in [0, 0.1) is 23.7 Å². The van der Waals surface area contributed by atoms with Crippen LogP contribution in [0.5, 0.6) is 0 Å². The second-order valence-corrected chi connectivity index (χ2v) is 12.0. The van der Waals surface area contributed by atoms with E-state index in [-0.39, 0.29) is 23.7 Å². The van der Waals surface area contributed by atoms with Gasteiger partial charge in [-0.25, -0.2) is 0 Å². The quantitative estimate of drug-likeness (QED) is 0.321. The van der Waals surface area contributed by atoms with Crippen molar-refractivity contribution in [3.05, 3.63) is 70.8 Å². The van der Waals surface area contributed by atoms with Crippen LogP contribution in [0.3, 0.4) is 0 Å². The third-order valence-corrected chi connectivity index (χ3v) is 9.14. The topological polar surface area (TPSA) is 105 Å². The third kappa shape index (κ3) is 7.69. The molecule has 4 unspecified atom stereocenters. The summed E-state index contributed by atoms with van der Waals surface area (Å²) in [6.07, 6.45) is 3.05. The zero-order valence-electron chi connectivity index (χ0n) is 23.4. The summed E-state index contributed by atoms with van der Waals surface area (Å²) >= 11 is 0. The Labute approximate surface area is 237 Å². The van der Waals surface area contributed by atoms with Crippen LogP contribution >= 0.6 is 0 Å². The Morgan fingerprint density at radius 3 is 1.45 bits per heavy atom. The number of piperazine rings is 1. The first-order valence-corrected chi connectivity index (χ1v) is 14.9. The fourth-order valence-electron chi connectivity index (χ4n) is 6.79. The van der Waals surface area contributed by atoms with Gasteiger partial charge in [-0.1, -0.05) is 48.5 Å². The van der Waals surface area contributed by atoms with Crippen molar-refractivity contribution in [1.82, 2.24) is 20.4 Å². The predicted octanol–water partition coefficient (Wildman–Crippen LogP) is 2.71. The lowest BCUT2D eigenvalue weighted by Gasteiger charge is -2.35. The van der Waals surface area contributed by atoms with Crippen LogP contribution in [0.25, 0.3) is 0 Å². The highest BCUT2D eigenvalue weighted by Gasteiger charge is 2.31. The largest absolute Gasteiger partial charge is 0.481 e. The Kier molecular flexibility index (Phi) is 9.86. The van der Waals surface area contributed by atoms with Crippen molar-refractivity contribution in [1.29, 1.82) is 0 Å². The molecular formula is C32H44N4O4. The molecule has 4 atom stereocenters. The zero-order valence-corrected chi connectivity index (χ0v) is 23.4. The van der Waals surface area contributed by atoms with Crippen molar-refractivity contribution >= 4 is 11.9 Å². The van der Waals surface area contributed by atoms with Crippen LogP contribution in [0.2, 0.25) is 0 Å². The van der Waals surface area contributed by atoms with E-state index in [9.17, 15) is 19.8 Å². The monoisotopic (exact) mass is 548 g/mol. The molecule has 0 aliphatic carbocycles. The maximum atomic E-state index is 11.9. The molecule has 2 aromatic carbocycles. The summed E-state index contributed by atoms with van der Waals surface area (Å²) in [5, 5.41) is 26.2. The minimum absolute atomic E-state index is 0.207. The zero-order chi connectivity index (χ0) is 27.9. The molecule has 3 saturated heterocycles. The summed E-state index contributed by atoms with van der Waals surface area (Å²) in [6.45, 7) is 9.15. The van der Waals surface area contributed by atoms with E-state index in [1.807, 2.05) is 0 Å². The number of hydrogen-bond donors (Lipinski definition) is 4. The molecule has 4 N–H and O–H groups in total. The second-order valence-electron chi connectivity index (χ2n) is 12.0. The van der Waals surface area contributed by atoms with E-state index in [4.69, 9.17) is 0 Å². The van der Waals surface area contributed by atoms with Crippen LogP contribution in [0.1, 0.15) is 35.1 Å². The minimum atomic E-state index is -0.687. The van der Waals surface area contributed by atoms with Gasteiger partial charge in [0.2, 0.25) is 0 Å². The standard InChI is InChI=1S/C32H44N4O4/c37-31(38)29(27-7-9-33-19-27)17-23-3-1-5-25(15-23)21-35-11-13-36(14-12-35)22-26-6-2-4-24(16-26)18-30(32(39)40)28-8-10-34-20-28/h1-6,15-16,27-30,33-34H,7-14,17-22H2,(H,37,38)(H,39,40). The van der Waals surface area contributed by atoms with E-state index in [2.05, 4.69) is 69.0 Å². The molecule has 3 fully saturated rings. The molecule has 2 aromatic rings. The van der Waals surface area contributed by atoms with Crippen molar-refractivity contribution in [3.8, 4) is 0 Å². The van der Waals surface area contributed by atoms with Gasteiger partial charge in [-0.05, 0) is 86.0 Å². The average molecular weight is 549 g/mol. The molecule has 0 bridgehead atoms. The SMILES string of the molecule is O=C(O)C(Cc1cccc(CN2CCN(Cc3cccc(CC(C(=O)O)C4CCNC4)c3)CC2)c1)C1CCNC1. The summed E-state index contributed by atoms with van der Waals surface area (Å²) in [5.74, 6) is -1.62. The fourth-order valence-corrected chi connectivity index (χ4v) is 6.79. The number of rotatable bonds is 12. The molecular weight excluding hydrogens is 504 g/mol. The highest BCUT2D eigenvalue weighted by atomic mass is 16.4. The van der Waals surface area contributed by atoms with E-state index in [1.165, 1.54) is 11.1 Å². The number of carbonyl (C=O) groups is 2. The van der Waals surface area contributed by atoms with Crippen molar-refractivity contribution in [2.24, 2.45) is 23.7 Å². The highest BCUT2D eigenvalue weighted by molar-refractivity contribution is 5.71. The molecule has 0 saturated carbocycles. The Hall–Kier alpha value is -2.78. The van der Waals surface area contributed by atoms with E-state index in [0.29, 0.717) is 12.8 Å². The molecule has 0 amide bonds. The predicted molar refractivity (Wildman–Crippen MR) is 155 cm³/mol. The number of aliphatic carboxylic acids is 2. The van der Waals surface area contributed by atoms with Gasteiger partial charge in [-0.15, -0.1) is 0 Å². The van der Waals surface area contributed by atoms with Gasteiger partial charge in [-0.2, -0.15) is 0 Å². The summed E-state index contributed by atoms with van der Waals surface area (Å²) in [5.41, 5.74) is 4.73. The Morgan fingerprint density at radius 2 is 1.10 bits per heavy atom. The van der Waals surface area contributed by atoms with Crippen molar-refractivity contribution in [3.63, 3.8) is 0 Å². The first kappa shape index (κ1) is 28.7. The maximum absolute atomic E-state index is 11.9. The molecule has 216 valence electrons. The van der Waals surface area contributed by atoms with E-state index >= 15 is 0 Å². The van der Waals surface area contributed by atoms with Crippen LogP contribution in [0.15, 0.2) is 48.5 Å². The Morgan fingerprint density at radius 1 is 0.700 bits per heavy atom. The van der Waals surface area contributed by atoms with Gasteiger partial charge >= 0.3 is 11.9 Å².